The third-order valence-electron chi connectivity index (χ3n) is 2.19. The van der Waals surface area contributed by atoms with Crippen molar-refractivity contribution in [3.8, 4) is 11.8 Å². The van der Waals surface area contributed by atoms with E-state index >= 15 is 0 Å². The van der Waals surface area contributed by atoms with Crippen molar-refractivity contribution in [2.75, 3.05) is 33.3 Å². The fraction of sp³-hybridized carbons (Fsp3) is 0.778. The summed E-state index contributed by atoms with van der Waals surface area (Å²) in [5.74, 6) is 5.61. The highest BCUT2D eigenvalue weighted by Crippen LogP contribution is 1.98. The standard InChI is InChI=1S/C9H18NO.HI/c1-4-10(3,5-2)8-6-7-9-11;/h11H,4-5,8-9H2,1-3H3;1H/q+1;/p-1. The minimum atomic E-state index is -0.0204. The zero-order valence-corrected chi connectivity index (χ0v) is 10.3. The number of aliphatic hydroxyl groups is 1. The van der Waals surface area contributed by atoms with Crippen LogP contribution in [0, 0.1) is 11.8 Å². The number of quaternary nitrogens is 1. The van der Waals surface area contributed by atoms with Gasteiger partial charge in [0, 0.05) is 0 Å². The van der Waals surface area contributed by atoms with Gasteiger partial charge in [0.1, 0.15) is 13.2 Å². The van der Waals surface area contributed by atoms with E-state index in [1.165, 1.54) is 0 Å². The summed E-state index contributed by atoms with van der Waals surface area (Å²) in [5, 5.41) is 8.43. The Hall–Kier alpha value is 0.210. The van der Waals surface area contributed by atoms with Gasteiger partial charge in [0.15, 0.2) is 0 Å². The molecule has 0 saturated heterocycles. The monoisotopic (exact) mass is 283 g/mol. The first-order valence-corrected chi connectivity index (χ1v) is 4.08. The van der Waals surface area contributed by atoms with E-state index in [0.717, 1.165) is 24.1 Å². The second-order valence-corrected chi connectivity index (χ2v) is 2.92. The van der Waals surface area contributed by atoms with E-state index in [0.29, 0.717) is 0 Å². The van der Waals surface area contributed by atoms with Gasteiger partial charge in [-0.05, 0) is 19.8 Å². The van der Waals surface area contributed by atoms with Crippen molar-refractivity contribution in [2.24, 2.45) is 0 Å². The Balaban J connectivity index is 0. The van der Waals surface area contributed by atoms with Crippen LogP contribution in [-0.2, 0) is 0 Å². The predicted molar refractivity (Wildman–Crippen MR) is 47.0 cm³/mol. The summed E-state index contributed by atoms with van der Waals surface area (Å²) in [5.41, 5.74) is 0. The molecule has 0 amide bonds. The second-order valence-electron chi connectivity index (χ2n) is 2.92. The summed E-state index contributed by atoms with van der Waals surface area (Å²) >= 11 is 0. The molecule has 0 radical (unpaired) electrons. The molecule has 0 atom stereocenters. The first-order chi connectivity index (χ1) is 5.18. The molecule has 0 spiro atoms. The van der Waals surface area contributed by atoms with Crippen molar-refractivity contribution in [1.82, 2.24) is 0 Å². The van der Waals surface area contributed by atoms with Crippen LogP contribution in [0.25, 0.3) is 0 Å². The third-order valence-corrected chi connectivity index (χ3v) is 2.19. The van der Waals surface area contributed by atoms with Crippen LogP contribution in [0.1, 0.15) is 13.8 Å². The fourth-order valence-corrected chi connectivity index (χ4v) is 0.750. The molecular formula is C9H18INO. The van der Waals surface area contributed by atoms with Crippen LogP contribution >= 0.6 is 0 Å². The Morgan fingerprint density at radius 3 is 2.00 bits per heavy atom. The lowest BCUT2D eigenvalue weighted by molar-refractivity contribution is -0.899. The molecule has 72 valence electrons. The molecule has 0 fully saturated rings. The zero-order chi connectivity index (χ0) is 8.74. The topological polar surface area (TPSA) is 20.2 Å². The van der Waals surface area contributed by atoms with Gasteiger partial charge >= 0.3 is 0 Å². The highest BCUT2D eigenvalue weighted by molar-refractivity contribution is 4.98. The third kappa shape index (κ3) is 5.81. The maximum atomic E-state index is 8.43. The molecule has 3 heteroatoms. The largest absolute Gasteiger partial charge is 1.00 e. The molecule has 0 aliphatic heterocycles. The number of rotatable bonds is 3. The smallest absolute Gasteiger partial charge is 0.140 e. The number of nitrogens with zero attached hydrogens (tertiary/aromatic N) is 1. The van der Waals surface area contributed by atoms with Crippen molar-refractivity contribution >= 4 is 0 Å². The fourth-order valence-electron chi connectivity index (χ4n) is 0.750. The van der Waals surface area contributed by atoms with Crippen molar-refractivity contribution in [3.05, 3.63) is 0 Å². The van der Waals surface area contributed by atoms with Gasteiger partial charge in [-0.2, -0.15) is 0 Å². The van der Waals surface area contributed by atoms with E-state index in [4.69, 9.17) is 5.11 Å². The molecule has 0 aromatic heterocycles. The maximum absolute atomic E-state index is 8.43. The Bertz CT molecular complexity index is 156. The number of aliphatic hydroxyl groups excluding tert-OH is 1. The molecule has 0 aliphatic rings. The molecule has 0 bridgehead atoms. The van der Waals surface area contributed by atoms with Crippen LogP contribution in [-0.4, -0.2) is 42.9 Å². The van der Waals surface area contributed by atoms with Gasteiger partial charge < -0.3 is 33.6 Å². The van der Waals surface area contributed by atoms with Crippen molar-refractivity contribution in [1.29, 1.82) is 0 Å². The van der Waals surface area contributed by atoms with E-state index < -0.39 is 0 Å². The van der Waals surface area contributed by atoms with Crippen LogP contribution in [0.15, 0.2) is 0 Å². The van der Waals surface area contributed by atoms with Crippen molar-refractivity contribution < 1.29 is 33.6 Å². The lowest BCUT2D eigenvalue weighted by atomic mass is 10.4. The van der Waals surface area contributed by atoms with E-state index in [9.17, 15) is 0 Å². The first kappa shape index (κ1) is 14.7. The average Bonchev–Trinajstić information content (AvgIpc) is 2.05. The highest BCUT2D eigenvalue weighted by atomic mass is 127. The molecule has 0 saturated carbocycles. The Morgan fingerprint density at radius 1 is 1.17 bits per heavy atom. The molecule has 0 aliphatic carbocycles. The summed E-state index contributed by atoms with van der Waals surface area (Å²) in [6.07, 6.45) is 0. The number of hydrogen-bond acceptors (Lipinski definition) is 1. The molecule has 0 aromatic carbocycles. The van der Waals surface area contributed by atoms with Gasteiger partial charge in [-0.15, -0.1) is 0 Å². The number of halogens is 1. The molecule has 0 rings (SSSR count). The molecule has 2 nitrogen and oxygen atoms in total. The summed E-state index contributed by atoms with van der Waals surface area (Å²) in [7, 11) is 2.17. The summed E-state index contributed by atoms with van der Waals surface area (Å²) in [6.45, 7) is 7.32. The molecule has 1 N–H and O–H groups in total. The average molecular weight is 283 g/mol. The van der Waals surface area contributed by atoms with Gasteiger partial charge in [-0.3, -0.25) is 0 Å². The molecule has 12 heavy (non-hydrogen) atoms. The molecule has 0 aromatic rings. The van der Waals surface area contributed by atoms with Crippen LogP contribution in [0.2, 0.25) is 0 Å². The Labute approximate surface area is 92.6 Å². The van der Waals surface area contributed by atoms with Crippen LogP contribution in [0.4, 0.5) is 0 Å². The lowest BCUT2D eigenvalue weighted by Crippen LogP contribution is -3.00. The van der Waals surface area contributed by atoms with E-state index in [1.807, 2.05) is 0 Å². The van der Waals surface area contributed by atoms with Crippen LogP contribution in [0.5, 0.6) is 0 Å². The Kier molecular flexibility index (Phi) is 9.61. The second kappa shape index (κ2) is 7.84. The van der Waals surface area contributed by atoms with Gasteiger partial charge in [0.05, 0.1) is 20.1 Å². The summed E-state index contributed by atoms with van der Waals surface area (Å²) in [6, 6.07) is 0. The summed E-state index contributed by atoms with van der Waals surface area (Å²) < 4.78 is 0.965. The minimum Gasteiger partial charge on any atom is -1.00 e. The quantitative estimate of drug-likeness (QED) is 0.344. The van der Waals surface area contributed by atoms with Gasteiger partial charge in [-0.1, -0.05) is 5.92 Å². The molecule has 0 unspecified atom stereocenters. The normalized spacial score (nSPS) is 9.67. The predicted octanol–water partition coefficient (Wildman–Crippen LogP) is -2.53. The van der Waals surface area contributed by atoms with Gasteiger partial charge in [-0.25, -0.2) is 0 Å². The highest BCUT2D eigenvalue weighted by Gasteiger charge is 2.13. The molecule has 0 heterocycles. The Morgan fingerprint density at radius 2 is 1.67 bits per heavy atom. The zero-order valence-electron chi connectivity index (χ0n) is 8.10. The minimum absolute atomic E-state index is 0. The van der Waals surface area contributed by atoms with Gasteiger partial charge in [0.25, 0.3) is 0 Å². The van der Waals surface area contributed by atoms with Crippen molar-refractivity contribution in [2.45, 2.75) is 13.8 Å². The van der Waals surface area contributed by atoms with Crippen LogP contribution < -0.4 is 24.0 Å². The first-order valence-electron chi connectivity index (χ1n) is 4.08. The number of hydrogen-bond donors (Lipinski definition) is 1. The van der Waals surface area contributed by atoms with Crippen LogP contribution in [0.3, 0.4) is 0 Å². The SMILES string of the molecule is CC[N+](C)(CC)CC#CCO.[I-]. The van der Waals surface area contributed by atoms with E-state index in [-0.39, 0.29) is 30.6 Å². The van der Waals surface area contributed by atoms with Crippen molar-refractivity contribution in [3.63, 3.8) is 0 Å². The lowest BCUT2D eigenvalue weighted by Gasteiger charge is -2.29. The van der Waals surface area contributed by atoms with E-state index in [1.54, 1.807) is 0 Å². The van der Waals surface area contributed by atoms with Gasteiger partial charge in [0.2, 0.25) is 0 Å². The molecular weight excluding hydrogens is 265 g/mol. The summed E-state index contributed by atoms with van der Waals surface area (Å²) in [4.78, 5) is 0. The maximum Gasteiger partial charge on any atom is 0.140 e. The van der Waals surface area contributed by atoms with E-state index in [2.05, 4.69) is 32.7 Å².